The molecule has 2 aliphatic rings. The first-order valence-corrected chi connectivity index (χ1v) is 11.5. The first kappa shape index (κ1) is 22.5. The Balaban J connectivity index is 1.26. The number of pyridine rings is 1. The SMILES string of the molecule is Cc1cc(C)n(CCC(=O)N2CCC3(CC2)CC(C(=O)NCc2ccccn2)N(C)C3)n1. The molecule has 32 heavy (non-hydrogen) atoms. The van der Waals surface area contributed by atoms with Gasteiger partial charge < -0.3 is 10.2 Å². The van der Waals surface area contributed by atoms with Gasteiger partial charge in [-0.1, -0.05) is 6.07 Å². The lowest BCUT2D eigenvalue weighted by Gasteiger charge is -2.39. The molecule has 0 bridgehead atoms. The molecular weight excluding hydrogens is 404 g/mol. The van der Waals surface area contributed by atoms with E-state index in [2.05, 4.69) is 20.3 Å². The molecule has 0 aromatic carbocycles. The molecule has 4 rings (SSSR count). The van der Waals surface area contributed by atoms with Crippen molar-refractivity contribution in [2.24, 2.45) is 5.41 Å². The first-order valence-electron chi connectivity index (χ1n) is 11.5. The van der Waals surface area contributed by atoms with Gasteiger partial charge in [-0.05, 0) is 63.8 Å². The summed E-state index contributed by atoms with van der Waals surface area (Å²) >= 11 is 0. The highest BCUT2D eigenvalue weighted by Crippen LogP contribution is 2.42. The Kier molecular flexibility index (Phi) is 6.60. The van der Waals surface area contributed by atoms with Crippen LogP contribution in [0, 0.1) is 19.3 Å². The highest BCUT2D eigenvalue weighted by molar-refractivity contribution is 5.82. The van der Waals surface area contributed by atoms with E-state index in [1.165, 1.54) is 0 Å². The Hall–Kier alpha value is -2.74. The van der Waals surface area contributed by atoms with Gasteiger partial charge in [-0.2, -0.15) is 5.10 Å². The predicted octanol–water partition coefficient (Wildman–Crippen LogP) is 1.91. The number of likely N-dealkylation sites (tertiary alicyclic amines) is 2. The summed E-state index contributed by atoms with van der Waals surface area (Å²) < 4.78 is 1.92. The topological polar surface area (TPSA) is 83.4 Å². The number of rotatable bonds is 6. The van der Waals surface area contributed by atoms with Gasteiger partial charge in [0.15, 0.2) is 0 Å². The van der Waals surface area contributed by atoms with Gasteiger partial charge in [0.25, 0.3) is 0 Å². The lowest BCUT2D eigenvalue weighted by molar-refractivity contribution is -0.134. The minimum absolute atomic E-state index is 0.0680. The summed E-state index contributed by atoms with van der Waals surface area (Å²) in [5.41, 5.74) is 3.06. The summed E-state index contributed by atoms with van der Waals surface area (Å²) in [6, 6.07) is 7.64. The molecular formula is C24H34N6O2. The summed E-state index contributed by atoms with van der Waals surface area (Å²) in [7, 11) is 2.03. The van der Waals surface area contributed by atoms with Gasteiger partial charge in [0.05, 0.1) is 24.0 Å². The van der Waals surface area contributed by atoms with Crippen LogP contribution in [0.5, 0.6) is 0 Å². The van der Waals surface area contributed by atoms with Crippen molar-refractivity contribution in [1.29, 1.82) is 0 Å². The van der Waals surface area contributed by atoms with E-state index in [9.17, 15) is 9.59 Å². The van der Waals surface area contributed by atoms with E-state index in [0.29, 0.717) is 19.5 Å². The standard InChI is InChI=1S/C24H34N6O2/c1-18-14-19(2)30(27-18)11-7-22(31)29-12-8-24(9-13-29)15-21(28(3)17-24)23(32)26-16-20-6-4-5-10-25-20/h4-6,10,14,21H,7-9,11-13,15-17H2,1-3H3,(H,26,32). The summed E-state index contributed by atoms with van der Waals surface area (Å²) in [4.78, 5) is 34.0. The third-order valence-electron chi connectivity index (χ3n) is 7.03. The maximum Gasteiger partial charge on any atom is 0.237 e. The minimum Gasteiger partial charge on any atom is -0.349 e. The van der Waals surface area contributed by atoms with Crippen molar-refractivity contribution in [3.8, 4) is 0 Å². The normalized spacial score (nSPS) is 20.6. The Morgan fingerprint density at radius 1 is 1.22 bits per heavy atom. The molecule has 8 nitrogen and oxygen atoms in total. The Morgan fingerprint density at radius 2 is 2.00 bits per heavy atom. The van der Waals surface area contributed by atoms with Gasteiger partial charge >= 0.3 is 0 Å². The molecule has 1 unspecified atom stereocenters. The summed E-state index contributed by atoms with van der Waals surface area (Å²) in [6.45, 7) is 7.52. The zero-order chi connectivity index (χ0) is 22.7. The largest absolute Gasteiger partial charge is 0.349 e. The maximum absolute atomic E-state index is 12.8. The van der Waals surface area contributed by atoms with E-state index in [4.69, 9.17) is 0 Å². The number of nitrogens with zero attached hydrogens (tertiary/aromatic N) is 5. The highest BCUT2D eigenvalue weighted by atomic mass is 16.2. The molecule has 0 saturated carbocycles. The van der Waals surface area contributed by atoms with E-state index >= 15 is 0 Å². The van der Waals surface area contributed by atoms with Gasteiger partial charge in [0.1, 0.15) is 0 Å². The number of carbonyl (C=O) groups is 2. The number of aromatic nitrogens is 3. The van der Waals surface area contributed by atoms with Crippen LogP contribution in [0.15, 0.2) is 30.5 Å². The van der Waals surface area contributed by atoms with E-state index in [-0.39, 0.29) is 23.3 Å². The van der Waals surface area contributed by atoms with E-state index in [0.717, 1.165) is 56.0 Å². The van der Waals surface area contributed by atoms with Crippen LogP contribution in [0.1, 0.15) is 42.8 Å². The molecule has 2 aromatic heterocycles. The van der Waals surface area contributed by atoms with Crippen LogP contribution in [0.4, 0.5) is 0 Å². The number of amides is 2. The van der Waals surface area contributed by atoms with Crippen molar-refractivity contribution in [3.05, 3.63) is 47.5 Å². The zero-order valence-corrected chi connectivity index (χ0v) is 19.4. The number of hydrogen-bond donors (Lipinski definition) is 1. The van der Waals surface area contributed by atoms with Crippen LogP contribution >= 0.6 is 0 Å². The fraction of sp³-hybridized carbons (Fsp3) is 0.583. The monoisotopic (exact) mass is 438 g/mol. The smallest absolute Gasteiger partial charge is 0.237 e. The lowest BCUT2D eigenvalue weighted by atomic mass is 9.76. The van der Waals surface area contributed by atoms with Crippen molar-refractivity contribution >= 4 is 11.8 Å². The van der Waals surface area contributed by atoms with Gasteiger partial charge in [0, 0.05) is 44.5 Å². The molecule has 2 amide bonds. The van der Waals surface area contributed by atoms with E-state index < -0.39 is 0 Å². The summed E-state index contributed by atoms with van der Waals surface area (Å²) in [6.07, 6.45) is 4.98. The number of carbonyl (C=O) groups excluding carboxylic acids is 2. The molecule has 8 heteroatoms. The first-order chi connectivity index (χ1) is 15.3. The molecule has 2 aromatic rings. The molecule has 2 aliphatic heterocycles. The van der Waals surface area contributed by atoms with Gasteiger partial charge in [-0.25, -0.2) is 0 Å². The van der Waals surface area contributed by atoms with Crippen molar-refractivity contribution in [2.75, 3.05) is 26.7 Å². The number of piperidine rings is 1. The van der Waals surface area contributed by atoms with Gasteiger partial charge in [-0.15, -0.1) is 0 Å². The second-order valence-corrected chi connectivity index (χ2v) is 9.45. The minimum atomic E-state index is -0.119. The van der Waals surface area contributed by atoms with Crippen molar-refractivity contribution < 1.29 is 9.59 Å². The van der Waals surface area contributed by atoms with Crippen molar-refractivity contribution in [3.63, 3.8) is 0 Å². The summed E-state index contributed by atoms with van der Waals surface area (Å²) in [5, 5.41) is 7.49. The van der Waals surface area contributed by atoms with Crippen LogP contribution in [0.3, 0.4) is 0 Å². The van der Waals surface area contributed by atoms with Crippen LogP contribution in [-0.4, -0.2) is 69.1 Å². The molecule has 0 aliphatic carbocycles. The van der Waals surface area contributed by atoms with Crippen LogP contribution in [0.2, 0.25) is 0 Å². The molecule has 2 saturated heterocycles. The number of likely N-dealkylation sites (N-methyl/N-ethyl adjacent to an activating group) is 1. The molecule has 0 radical (unpaired) electrons. The van der Waals surface area contributed by atoms with Crippen molar-refractivity contribution in [2.45, 2.75) is 58.7 Å². The summed E-state index contributed by atoms with van der Waals surface area (Å²) in [5.74, 6) is 0.266. The number of nitrogens with one attached hydrogen (secondary N) is 1. The molecule has 2 fully saturated rings. The lowest BCUT2D eigenvalue weighted by Crippen LogP contribution is -2.44. The number of hydrogen-bond acceptors (Lipinski definition) is 5. The quantitative estimate of drug-likeness (QED) is 0.745. The Bertz CT molecular complexity index is 949. The second kappa shape index (κ2) is 9.40. The molecule has 1 N–H and O–H groups in total. The zero-order valence-electron chi connectivity index (χ0n) is 19.4. The Morgan fingerprint density at radius 3 is 2.66 bits per heavy atom. The fourth-order valence-corrected chi connectivity index (χ4v) is 5.21. The second-order valence-electron chi connectivity index (χ2n) is 9.45. The van der Waals surface area contributed by atoms with Gasteiger partial charge in [-0.3, -0.25) is 24.2 Å². The van der Waals surface area contributed by atoms with Crippen LogP contribution < -0.4 is 5.32 Å². The van der Waals surface area contributed by atoms with E-state index in [1.54, 1.807) is 6.20 Å². The molecule has 172 valence electrons. The van der Waals surface area contributed by atoms with E-state index in [1.807, 2.05) is 54.7 Å². The number of aryl methyl sites for hydroxylation is 3. The van der Waals surface area contributed by atoms with Crippen LogP contribution in [0.25, 0.3) is 0 Å². The molecule has 4 heterocycles. The van der Waals surface area contributed by atoms with Crippen LogP contribution in [-0.2, 0) is 22.7 Å². The average Bonchev–Trinajstić information content (AvgIpc) is 3.29. The fourth-order valence-electron chi connectivity index (χ4n) is 5.21. The predicted molar refractivity (Wildman–Crippen MR) is 122 cm³/mol. The van der Waals surface area contributed by atoms with Gasteiger partial charge in [0.2, 0.25) is 11.8 Å². The Labute approximate surface area is 190 Å². The third kappa shape index (κ3) is 5.01. The maximum atomic E-state index is 12.8. The molecule has 1 spiro atoms. The average molecular weight is 439 g/mol. The van der Waals surface area contributed by atoms with Crippen molar-refractivity contribution in [1.82, 2.24) is 29.9 Å². The third-order valence-corrected chi connectivity index (χ3v) is 7.03. The highest BCUT2D eigenvalue weighted by Gasteiger charge is 2.46. The molecule has 1 atom stereocenters.